The smallest absolute Gasteiger partial charge is 0.323 e. The van der Waals surface area contributed by atoms with Gasteiger partial charge in [-0.15, -0.1) is 0 Å². The molecule has 4 aromatic rings. The van der Waals surface area contributed by atoms with E-state index in [0.29, 0.717) is 28.2 Å². The Hall–Kier alpha value is -4.10. The molecular formula is C24H21N3O4. The van der Waals surface area contributed by atoms with Crippen molar-refractivity contribution in [3.8, 4) is 0 Å². The van der Waals surface area contributed by atoms with E-state index in [-0.39, 0.29) is 18.4 Å². The van der Waals surface area contributed by atoms with Crippen LogP contribution in [0.15, 0.2) is 83.3 Å². The number of urea groups is 1. The maximum atomic E-state index is 12.9. The van der Waals surface area contributed by atoms with Crippen LogP contribution >= 0.6 is 0 Å². The molecule has 0 aliphatic rings. The third-order valence-corrected chi connectivity index (χ3v) is 4.60. The number of carbonyl (C=O) groups excluding carboxylic acids is 2. The standard InChI is InChI=1S/C24H21N3O4/c1-30-15-20-19-12-5-6-13-21(19)31-22(20)23(28)25-17-10-7-11-18(14-17)27-24(29)26-16-8-3-2-4-9-16/h2-14H,15H2,1H3,(H,25,28)(H2,26,27,29). The number of carbonyl (C=O) groups is 2. The predicted octanol–water partition coefficient (Wildman–Crippen LogP) is 5.48. The minimum Gasteiger partial charge on any atom is -0.451 e. The summed E-state index contributed by atoms with van der Waals surface area (Å²) in [5, 5.41) is 9.16. The van der Waals surface area contributed by atoms with E-state index in [4.69, 9.17) is 9.15 Å². The average molecular weight is 415 g/mol. The molecule has 0 bridgehead atoms. The summed E-state index contributed by atoms with van der Waals surface area (Å²) < 4.78 is 11.0. The van der Waals surface area contributed by atoms with Gasteiger partial charge in [0.1, 0.15) is 5.58 Å². The van der Waals surface area contributed by atoms with Gasteiger partial charge in [0.05, 0.1) is 6.61 Å². The molecule has 3 aromatic carbocycles. The fourth-order valence-electron chi connectivity index (χ4n) is 3.25. The quantitative estimate of drug-likeness (QED) is 0.389. The molecule has 0 spiro atoms. The van der Waals surface area contributed by atoms with Crippen molar-refractivity contribution in [2.75, 3.05) is 23.1 Å². The van der Waals surface area contributed by atoms with Gasteiger partial charge >= 0.3 is 6.03 Å². The number of amides is 3. The van der Waals surface area contributed by atoms with Crippen LogP contribution in [0.3, 0.4) is 0 Å². The fourth-order valence-corrected chi connectivity index (χ4v) is 3.25. The summed E-state index contributed by atoms with van der Waals surface area (Å²) in [6.07, 6.45) is 0. The molecule has 3 amide bonds. The highest BCUT2D eigenvalue weighted by Gasteiger charge is 2.20. The average Bonchev–Trinajstić information content (AvgIpc) is 3.14. The third-order valence-electron chi connectivity index (χ3n) is 4.60. The molecule has 7 nitrogen and oxygen atoms in total. The molecule has 0 saturated heterocycles. The summed E-state index contributed by atoms with van der Waals surface area (Å²) in [6, 6.07) is 23.0. The van der Waals surface area contributed by atoms with Crippen LogP contribution < -0.4 is 16.0 Å². The van der Waals surface area contributed by atoms with Gasteiger partial charge in [0.25, 0.3) is 5.91 Å². The van der Waals surface area contributed by atoms with Gasteiger partial charge < -0.3 is 25.1 Å². The number of methoxy groups -OCH3 is 1. The molecule has 3 N–H and O–H groups in total. The Morgan fingerprint density at radius 2 is 1.45 bits per heavy atom. The molecule has 1 aromatic heterocycles. The van der Waals surface area contributed by atoms with E-state index < -0.39 is 5.91 Å². The van der Waals surface area contributed by atoms with Gasteiger partial charge in [0, 0.05) is 35.1 Å². The first-order valence-electron chi connectivity index (χ1n) is 9.68. The first-order chi connectivity index (χ1) is 15.1. The molecule has 156 valence electrons. The largest absolute Gasteiger partial charge is 0.451 e. The minimum atomic E-state index is -0.394. The summed E-state index contributed by atoms with van der Waals surface area (Å²) >= 11 is 0. The number of ether oxygens (including phenoxy) is 1. The summed E-state index contributed by atoms with van der Waals surface area (Å²) in [5.74, 6) is -0.197. The lowest BCUT2D eigenvalue weighted by Gasteiger charge is -2.10. The molecule has 0 fully saturated rings. The number of hydrogen-bond acceptors (Lipinski definition) is 4. The van der Waals surface area contributed by atoms with E-state index in [1.54, 1.807) is 49.6 Å². The van der Waals surface area contributed by atoms with E-state index in [1.165, 1.54) is 0 Å². The topological polar surface area (TPSA) is 92.6 Å². The maximum absolute atomic E-state index is 12.9. The Morgan fingerprint density at radius 3 is 2.23 bits per heavy atom. The second-order valence-electron chi connectivity index (χ2n) is 6.82. The summed E-state index contributed by atoms with van der Waals surface area (Å²) in [7, 11) is 1.57. The van der Waals surface area contributed by atoms with Crippen molar-refractivity contribution >= 4 is 40.0 Å². The summed E-state index contributed by atoms with van der Waals surface area (Å²) in [4.78, 5) is 25.1. The highest BCUT2D eigenvalue weighted by Crippen LogP contribution is 2.27. The van der Waals surface area contributed by atoms with E-state index in [2.05, 4.69) is 16.0 Å². The van der Waals surface area contributed by atoms with E-state index >= 15 is 0 Å². The van der Waals surface area contributed by atoms with Crippen molar-refractivity contribution in [2.24, 2.45) is 0 Å². The molecular weight excluding hydrogens is 394 g/mol. The number of nitrogens with one attached hydrogen (secondary N) is 3. The normalized spacial score (nSPS) is 10.6. The number of furan rings is 1. The molecule has 7 heteroatoms. The maximum Gasteiger partial charge on any atom is 0.323 e. The monoisotopic (exact) mass is 415 g/mol. The van der Waals surface area contributed by atoms with Gasteiger partial charge in [-0.05, 0) is 36.4 Å². The second kappa shape index (κ2) is 9.15. The van der Waals surface area contributed by atoms with Crippen molar-refractivity contribution in [1.82, 2.24) is 0 Å². The minimum absolute atomic E-state index is 0.197. The van der Waals surface area contributed by atoms with Crippen LogP contribution in [0, 0.1) is 0 Å². The van der Waals surface area contributed by atoms with Gasteiger partial charge in [0.2, 0.25) is 0 Å². The first-order valence-corrected chi connectivity index (χ1v) is 9.68. The van der Waals surface area contributed by atoms with E-state index in [1.807, 2.05) is 36.4 Å². The van der Waals surface area contributed by atoms with Crippen LogP contribution in [0.2, 0.25) is 0 Å². The molecule has 0 aliphatic heterocycles. The Balaban J connectivity index is 1.49. The number of hydrogen-bond donors (Lipinski definition) is 3. The zero-order valence-corrected chi connectivity index (χ0v) is 16.8. The van der Waals surface area contributed by atoms with Crippen LogP contribution in [-0.2, 0) is 11.3 Å². The third kappa shape index (κ3) is 4.73. The SMILES string of the molecule is COCc1c(C(=O)Nc2cccc(NC(=O)Nc3ccccc3)c2)oc2ccccc12. The van der Waals surface area contributed by atoms with Gasteiger partial charge in [-0.2, -0.15) is 0 Å². The number of fused-ring (bicyclic) bond motifs is 1. The number of para-hydroxylation sites is 2. The molecule has 1 heterocycles. The Morgan fingerprint density at radius 1 is 0.806 bits per heavy atom. The highest BCUT2D eigenvalue weighted by atomic mass is 16.5. The summed E-state index contributed by atoms with van der Waals surface area (Å²) in [6.45, 7) is 0.251. The first kappa shape index (κ1) is 20.2. The second-order valence-corrected chi connectivity index (χ2v) is 6.82. The Kier molecular flexibility index (Phi) is 5.96. The van der Waals surface area contributed by atoms with Gasteiger partial charge in [-0.25, -0.2) is 4.79 Å². The van der Waals surface area contributed by atoms with Crippen molar-refractivity contribution in [1.29, 1.82) is 0 Å². The highest BCUT2D eigenvalue weighted by molar-refractivity contribution is 6.07. The Labute approximate surface area is 179 Å². The molecule has 0 atom stereocenters. The fraction of sp³-hybridized carbons (Fsp3) is 0.0833. The predicted molar refractivity (Wildman–Crippen MR) is 120 cm³/mol. The van der Waals surface area contributed by atoms with Crippen LogP contribution in [0.4, 0.5) is 21.9 Å². The van der Waals surface area contributed by atoms with Gasteiger partial charge in [-0.3, -0.25) is 4.79 Å². The number of rotatable bonds is 6. The van der Waals surface area contributed by atoms with Crippen LogP contribution in [0.5, 0.6) is 0 Å². The van der Waals surface area contributed by atoms with Crippen molar-refractivity contribution in [3.63, 3.8) is 0 Å². The van der Waals surface area contributed by atoms with Crippen molar-refractivity contribution in [3.05, 3.63) is 90.2 Å². The van der Waals surface area contributed by atoms with Crippen LogP contribution in [-0.4, -0.2) is 19.0 Å². The van der Waals surface area contributed by atoms with Crippen molar-refractivity contribution in [2.45, 2.75) is 6.61 Å². The summed E-state index contributed by atoms with van der Waals surface area (Å²) in [5.41, 5.74) is 3.04. The zero-order chi connectivity index (χ0) is 21.6. The molecule has 4 rings (SSSR count). The van der Waals surface area contributed by atoms with E-state index in [0.717, 1.165) is 5.39 Å². The van der Waals surface area contributed by atoms with Crippen molar-refractivity contribution < 1.29 is 18.7 Å². The lowest BCUT2D eigenvalue weighted by Crippen LogP contribution is -2.19. The lowest BCUT2D eigenvalue weighted by atomic mass is 10.1. The zero-order valence-electron chi connectivity index (χ0n) is 16.8. The van der Waals surface area contributed by atoms with Gasteiger partial charge in [0.15, 0.2) is 5.76 Å². The molecule has 0 radical (unpaired) electrons. The number of benzene rings is 3. The Bertz CT molecular complexity index is 1220. The van der Waals surface area contributed by atoms with Crippen LogP contribution in [0.25, 0.3) is 11.0 Å². The number of anilines is 3. The molecule has 0 unspecified atom stereocenters. The molecule has 31 heavy (non-hydrogen) atoms. The van der Waals surface area contributed by atoms with E-state index in [9.17, 15) is 9.59 Å². The van der Waals surface area contributed by atoms with Gasteiger partial charge in [-0.1, -0.05) is 42.5 Å². The lowest BCUT2D eigenvalue weighted by molar-refractivity contribution is 0.0992. The van der Waals surface area contributed by atoms with Crippen LogP contribution in [0.1, 0.15) is 16.1 Å². The molecule has 0 aliphatic carbocycles. The molecule has 0 saturated carbocycles.